The van der Waals surface area contributed by atoms with Crippen LogP contribution in [0.5, 0.6) is 0 Å². The van der Waals surface area contributed by atoms with Gasteiger partial charge in [0.25, 0.3) is 5.91 Å². The lowest BCUT2D eigenvalue weighted by Crippen LogP contribution is -2.35. The van der Waals surface area contributed by atoms with Gasteiger partial charge in [-0.2, -0.15) is 0 Å². The Morgan fingerprint density at radius 3 is 2.47 bits per heavy atom. The topological polar surface area (TPSA) is 114 Å². The van der Waals surface area contributed by atoms with Crippen molar-refractivity contribution in [3.63, 3.8) is 0 Å². The number of nitrogens with zero attached hydrogens (tertiary/aromatic N) is 2. The molecule has 0 radical (unpaired) electrons. The summed E-state index contributed by atoms with van der Waals surface area (Å²) >= 11 is 0. The summed E-state index contributed by atoms with van der Waals surface area (Å²) in [4.78, 5) is 37.7. The predicted molar refractivity (Wildman–Crippen MR) is 57.4 cm³/mol. The Balaban J connectivity index is 2.92. The Bertz CT molecular complexity index is 472. The molecule has 0 bridgehead atoms. The average Bonchev–Trinajstić information content (AvgIpc) is 2.27. The molecule has 90 valence electrons. The zero-order valence-electron chi connectivity index (χ0n) is 9.08. The summed E-state index contributed by atoms with van der Waals surface area (Å²) in [6.45, 7) is -0.252. The maximum absolute atomic E-state index is 11.7. The average molecular weight is 237 g/mol. The molecule has 0 unspecified atom stereocenters. The molecule has 1 aromatic heterocycles. The highest BCUT2D eigenvalue weighted by atomic mass is 16.4. The third kappa shape index (κ3) is 3.26. The number of nitrogens with two attached hydrogens (primary N) is 1. The molecule has 0 saturated carbocycles. The van der Waals surface area contributed by atoms with Crippen LogP contribution in [-0.2, 0) is 4.79 Å². The van der Waals surface area contributed by atoms with Crippen LogP contribution in [-0.4, -0.2) is 46.4 Å². The number of aromatic nitrogens is 1. The number of carbonyl (C=O) groups is 3. The highest BCUT2D eigenvalue weighted by Crippen LogP contribution is 2.02. The minimum atomic E-state index is -1.22. The smallest absolute Gasteiger partial charge is 0.354 e. The molecule has 0 saturated heterocycles. The quantitative estimate of drug-likeness (QED) is 0.721. The zero-order valence-corrected chi connectivity index (χ0v) is 9.08. The molecular formula is C10H11N3O4. The maximum Gasteiger partial charge on any atom is 0.354 e. The van der Waals surface area contributed by atoms with E-state index in [-0.39, 0.29) is 17.9 Å². The fourth-order valence-corrected chi connectivity index (χ4v) is 1.17. The van der Waals surface area contributed by atoms with Gasteiger partial charge >= 0.3 is 5.97 Å². The third-order valence-electron chi connectivity index (χ3n) is 1.93. The van der Waals surface area contributed by atoms with E-state index in [0.29, 0.717) is 0 Å². The first kappa shape index (κ1) is 12.6. The van der Waals surface area contributed by atoms with Gasteiger partial charge in [0, 0.05) is 7.05 Å². The Hall–Kier alpha value is -2.44. The molecule has 1 rings (SSSR count). The largest absolute Gasteiger partial charge is 0.477 e. The molecule has 17 heavy (non-hydrogen) atoms. The molecule has 0 fully saturated rings. The zero-order chi connectivity index (χ0) is 13.0. The van der Waals surface area contributed by atoms with Gasteiger partial charge in [-0.3, -0.25) is 9.59 Å². The molecule has 0 aromatic carbocycles. The number of amides is 2. The standard InChI is InChI=1S/C10H11N3O4/c1-13(5-8(11)14)9(15)6-3-2-4-7(12-6)10(16)17/h2-4H,5H2,1H3,(H2,11,14)(H,16,17). The fourth-order valence-electron chi connectivity index (χ4n) is 1.17. The Kier molecular flexibility index (Phi) is 3.76. The molecule has 3 N–H and O–H groups in total. The van der Waals surface area contributed by atoms with Crippen molar-refractivity contribution in [3.8, 4) is 0 Å². The van der Waals surface area contributed by atoms with Crippen molar-refractivity contribution >= 4 is 17.8 Å². The Morgan fingerprint density at radius 1 is 1.35 bits per heavy atom. The number of carboxylic acids is 1. The summed E-state index contributed by atoms with van der Waals surface area (Å²) in [5.74, 6) is -2.45. The SMILES string of the molecule is CN(CC(N)=O)C(=O)c1cccc(C(=O)O)n1. The van der Waals surface area contributed by atoms with Gasteiger partial charge < -0.3 is 15.7 Å². The lowest BCUT2D eigenvalue weighted by molar-refractivity contribution is -0.118. The van der Waals surface area contributed by atoms with Crippen LogP contribution in [0.2, 0.25) is 0 Å². The van der Waals surface area contributed by atoms with Crippen molar-refractivity contribution < 1.29 is 19.5 Å². The number of hydrogen-bond donors (Lipinski definition) is 2. The lowest BCUT2D eigenvalue weighted by atomic mass is 10.2. The minimum absolute atomic E-state index is 0.0475. The minimum Gasteiger partial charge on any atom is -0.477 e. The molecule has 0 aliphatic carbocycles. The summed E-state index contributed by atoms with van der Waals surface area (Å²) in [5, 5.41) is 8.71. The number of hydrogen-bond acceptors (Lipinski definition) is 4. The summed E-state index contributed by atoms with van der Waals surface area (Å²) in [6, 6.07) is 4.04. The van der Waals surface area contributed by atoms with Crippen LogP contribution < -0.4 is 5.73 Å². The van der Waals surface area contributed by atoms with Gasteiger partial charge in [0.05, 0.1) is 6.54 Å². The van der Waals surface area contributed by atoms with Crippen molar-refractivity contribution in [2.45, 2.75) is 0 Å². The second-order valence-electron chi connectivity index (χ2n) is 3.34. The molecule has 0 spiro atoms. The van der Waals surface area contributed by atoms with E-state index in [9.17, 15) is 14.4 Å². The number of likely N-dealkylation sites (N-methyl/N-ethyl adjacent to an activating group) is 1. The van der Waals surface area contributed by atoms with Crippen molar-refractivity contribution in [1.29, 1.82) is 0 Å². The number of carboxylic acid groups (broad SMARTS) is 1. The lowest BCUT2D eigenvalue weighted by Gasteiger charge is -2.14. The van der Waals surface area contributed by atoms with Crippen molar-refractivity contribution in [2.24, 2.45) is 5.73 Å². The number of primary amides is 1. The summed E-state index contributed by atoms with van der Waals surface area (Å²) in [6.07, 6.45) is 0. The molecule has 0 aliphatic rings. The highest BCUT2D eigenvalue weighted by molar-refractivity contribution is 5.95. The van der Waals surface area contributed by atoms with Crippen LogP contribution in [0.15, 0.2) is 18.2 Å². The maximum atomic E-state index is 11.7. The van der Waals surface area contributed by atoms with Crippen LogP contribution >= 0.6 is 0 Å². The Morgan fingerprint density at radius 2 is 1.94 bits per heavy atom. The first-order valence-corrected chi connectivity index (χ1v) is 4.66. The van der Waals surface area contributed by atoms with Crippen LogP contribution in [0.3, 0.4) is 0 Å². The van der Waals surface area contributed by atoms with Gasteiger partial charge in [-0.1, -0.05) is 6.07 Å². The number of carbonyl (C=O) groups excluding carboxylic acids is 2. The second kappa shape index (κ2) is 5.06. The van der Waals surface area contributed by atoms with Crippen molar-refractivity contribution in [3.05, 3.63) is 29.6 Å². The molecule has 1 heterocycles. The first-order chi connectivity index (χ1) is 7.91. The molecule has 1 aromatic rings. The molecule has 2 amide bonds. The van der Waals surface area contributed by atoms with Crippen molar-refractivity contribution in [1.82, 2.24) is 9.88 Å². The van der Waals surface area contributed by atoms with E-state index in [0.717, 1.165) is 4.90 Å². The van der Waals surface area contributed by atoms with Gasteiger partial charge in [-0.15, -0.1) is 0 Å². The van der Waals surface area contributed by atoms with Gasteiger partial charge in [-0.25, -0.2) is 9.78 Å². The van der Waals surface area contributed by atoms with Crippen LogP contribution in [0.25, 0.3) is 0 Å². The monoisotopic (exact) mass is 237 g/mol. The number of aromatic carboxylic acids is 1. The Labute approximate surface area is 96.9 Å². The molecule has 0 aliphatic heterocycles. The summed E-state index contributed by atoms with van der Waals surface area (Å²) in [5.41, 5.74) is 4.66. The second-order valence-corrected chi connectivity index (χ2v) is 3.34. The van der Waals surface area contributed by atoms with Gasteiger partial charge in [0.2, 0.25) is 5.91 Å². The van der Waals surface area contributed by atoms with Gasteiger partial charge in [-0.05, 0) is 12.1 Å². The van der Waals surface area contributed by atoms with Gasteiger partial charge in [0.1, 0.15) is 11.4 Å². The molecule has 0 atom stereocenters. The third-order valence-corrected chi connectivity index (χ3v) is 1.93. The van der Waals surface area contributed by atoms with E-state index >= 15 is 0 Å². The molecule has 7 nitrogen and oxygen atoms in total. The van der Waals surface area contributed by atoms with E-state index in [2.05, 4.69) is 4.98 Å². The van der Waals surface area contributed by atoms with E-state index in [4.69, 9.17) is 10.8 Å². The van der Waals surface area contributed by atoms with E-state index in [1.165, 1.54) is 25.2 Å². The normalized spacial score (nSPS) is 9.71. The van der Waals surface area contributed by atoms with Crippen LogP contribution in [0, 0.1) is 0 Å². The molecular weight excluding hydrogens is 226 g/mol. The van der Waals surface area contributed by atoms with Crippen molar-refractivity contribution in [2.75, 3.05) is 13.6 Å². The first-order valence-electron chi connectivity index (χ1n) is 4.66. The van der Waals surface area contributed by atoms with Crippen LogP contribution in [0.4, 0.5) is 0 Å². The van der Waals surface area contributed by atoms with Crippen LogP contribution in [0.1, 0.15) is 21.0 Å². The number of pyridine rings is 1. The van der Waals surface area contributed by atoms with E-state index in [1.807, 2.05) is 0 Å². The van der Waals surface area contributed by atoms with E-state index in [1.54, 1.807) is 0 Å². The van der Waals surface area contributed by atoms with E-state index < -0.39 is 17.8 Å². The highest BCUT2D eigenvalue weighted by Gasteiger charge is 2.16. The predicted octanol–water partition coefficient (Wildman–Crippen LogP) is -0.663. The summed E-state index contributed by atoms with van der Waals surface area (Å²) in [7, 11) is 1.38. The fraction of sp³-hybridized carbons (Fsp3) is 0.200. The molecule has 7 heteroatoms. The summed E-state index contributed by atoms with van der Waals surface area (Å²) < 4.78 is 0. The van der Waals surface area contributed by atoms with Gasteiger partial charge in [0.15, 0.2) is 0 Å². The number of rotatable bonds is 4.